The molecule has 0 saturated carbocycles. The molecule has 0 saturated heterocycles. The molecule has 0 unspecified atom stereocenters. The van der Waals surface area contributed by atoms with Gasteiger partial charge >= 0.3 is 0 Å². The first kappa shape index (κ1) is 26.2. The molecule has 0 spiro atoms. The number of hydrogen-bond acceptors (Lipinski definition) is 8. The molecule has 2 amide bonds. The molecule has 0 aliphatic rings. The number of nitrogens with zero attached hydrogens (tertiary/aromatic N) is 2. The van der Waals surface area contributed by atoms with Gasteiger partial charge in [-0.3, -0.25) is 9.59 Å². The van der Waals surface area contributed by atoms with Crippen LogP contribution < -0.4 is 20.1 Å². The Morgan fingerprint density at radius 3 is 1.35 bits per heavy atom. The largest absolute Gasteiger partial charge is 0.494 e. The Balaban J connectivity index is 1.77. The van der Waals surface area contributed by atoms with Crippen molar-refractivity contribution >= 4 is 23.2 Å². The lowest BCUT2D eigenvalue weighted by atomic mass is 10.1. The normalized spacial score (nSPS) is 11.6. The van der Waals surface area contributed by atoms with Crippen molar-refractivity contribution in [1.82, 2.24) is 10.6 Å². The number of ether oxygens (including phenoxy) is 2. The molecule has 0 heterocycles. The number of amides is 2. The fraction of sp³-hybridized carbons (Fsp3) is 0.333. The summed E-state index contributed by atoms with van der Waals surface area (Å²) in [6.07, 6.45) is 0.259. The second-order valence-corrected chi connectivity index (χ2v) is 7.11. The Kier molecular flexibility index (Phi) is 10.9. The van der Waals surface area contributed by atoms with Gasteiger partial charge in [0.1, 0.15) is 22.9 Å². The molecule has 0 aliphatic carbocycles. The number of oxime groups is 2. The average Bonchev–Trinajstić information content (AvgIpc) is 2.85. The van der Waals surface area contributed by atoms with E-state index in [9.17, 15) is 20.0 Å². The zero-order chi connectivity index (χ0) is 24.8. The SMILES string of the molecule is CCOc1ccc(CC(=NO)C(=O)NCCNC(=O)C(Cc2ccc(OCC)cc2)=NO)cc1. The molecule has 0 bridgehead atoms. The maximum atomic E-state index is 12.3. The van der Waals surface area contributed by atoms with Gasteiger partial charge in [-0.2, -0.15) is 0 Å². The van der Waals surface area contributed by atoms with Crippen LogP contribution in [-0.4, -0.2) is 60.0 Å². The van der Waals surface area contributed by atoms with Crippen LogP contribution in [0, 0.1) is 0 Å². The minimum atomic E-state index is -0.559. The van der Waals surface area contributed by atoms with Crippen molar-refractivity contribution in [1.29, 1.82) is 0 Å². The highest BCUT2D eigenvalue weighted by atomic mass is 16.5. The molecule has 10 heteroatoms. The minimum absolute atomic E-state index is 0.0661. The molecule has 10 nitrogen and oxygen atoms in total. The van der Waals surface area contributed by atoms with Gasteiger partial charge in [0.05, 0.1) is 13.2 Å². The number of benzene rings is 2. The molecular weight excluding hydrogens is 440 g/mol. The zero-order valence-corrected chi connectivity index (χ0v) is 19.3. The van der Waals surface area contributed by atoms with Crippen LogP contribution in [0.3, 0.4) is 0 Å². The summed E-state index contributed by atoms with van der Waals surface area (Å²) in [6, 6.07) is 14.2. The lowest BCUT2D eigenvalue weighted by Crippen LogP contribution is -2.40. The molecular formula is C24H30N4O6. The van der Waals surface area contributed by atoms with E-state index in [4.69, 9.17) is 9.47 Å². The zero-order valence-electron chi connectivity index (χ0n) is 19.3. The van der Waals surface area contributed by atoms with E-state index < -0.39 is 11.8 Å². The Labute approximate surface area is 198 Å². The maximum absolute atomic E-state index is 12.3. The van der Waals surface area contributed by atoms with Crippen molar-refractivity contribution < 1.29 is 29.5 Å². The van der Waals surface area contributed by atoms with Crippen molar-refractivity contribution in [3.63, 3.8) is 0 Å². The van der Waals surface area contributed by atoms with E-state index >= 15 is 0 Å². The number of nitrogens with one attached hydrogen (secondary N) is 2. The molecule has 0 aromatic heterocycles. The Hall–Kier alpha value is -4.08. The van der Waals surface area contributed by atoms with Crippen LogP contribution in [0.5, 0.6) is 11.5 Å². The van der Waals surface area contributed by atoms with Gasteiger partial charge in [0.2, 0.25) is 0 Å². The highest BCUT2D eigenvalue weighted by molar-refractivity contribution is 6.39. The summed E-state index contributed by atoms with van der Waals surface area (Å²) >= 11 is 0. The summed E-state index contributed by atoms with van der Waals surface area (Å²) in [5.41, 5.74) is 1.42. The Bertz CT molecular complexity index is 906. The van der Waals surface area contributed by atoms with E-state index in [1.54, 1.807) is 48.5 Å². The third-order valence-electron chi connectivity index (χ3n) is 4.67. The summed E-state index contributed by atoms with van der Waals surface area (Å²) in [4.78, 5) is 24.6. The maximum Gasteiger partial charge on any atom is 0.269 e. The van der Waals surface area contributed by atoms with Crippen LogP contribution in [0.25, 0.3) is 0 Å². The lowest BCUT2D eigenvalue weighted by molar-refractivity contribution is -0.116. The lowest BCUT2D eigenvalue weighted by Gasteiger charge is -2.10. The van der Waals surface area contributed by atoms with E-state index in [2.05, 4.69) is 20.9 Å². The predicted molar refractivity (Wildman–Crippen MR) is 127 cm³/mol. The standard InChI is InChI=1S/C24H30N4O6/c1-3-33-19-9-5-17(6-10-19)15-21(27-31)23(29)25-13-14-26-24(30)22(28-32)16-18-7-11-20(12-8-18)34-4-2/h5-12,31-32H,3-4,13-16H2,1-2H3,(H,25,29)(H,26,30). The third kappa shape index (κ3) is 8.45. The topological polar surface area (TPSA) is 142 Å². The van der Waals surface area contributed by atoms with Gasteiger partial charge in [-0.1, -0.05) is 34.6 Å². The summed E-state index contributed by atoms with van der Waals surface area (Å²) in [7, 11) is 0. The summed E-state index contributed by atoms with van der Waals surface area (Å²) in [5, 5.41) is 29.8. The quantitative estimate of drug-likeness (QED) is 0.153. The smallest absolute Gasteiger partial charge is 0.269 e. The second kappa shape index (κ2) is 14.1. The van der Waals surface area contributed by atoms with E-state index in [-0.39, 0.29) is 37.4 Å². The third-order valence-corrected chi connectivity index (χ3v) is 4.67. The van der Waals surface area contributed by atoms with Gasteiger partial charge in [-0.15, -0.1) is 0 Å². The fourth-order valence-corrected chi connectivity index (χ4v) is 3.01. The van der Waals surface area contributed by atoms with Crippen LogP contribution in [-0.2, 0) is 22.4 Å². The molecule has 182 valence electrons. The van der Waals surface area contributed by atoms with Crippen molar-refractivity contribution in [2.24, 2.45) is 10.3 Å². The van der Waals surface area contributed by atoms with Crippen LogP contribution in [0.2, 0.25) is 0 Å². The fourth-order valence-electron chi connectivity index (χ4n) is 3.01. The van der Waals surface area contributed by atoms with E-state index in [0.717, 1.165) is 11.1 Å². The number of carbonyl (C=O) groups excluding carboxylic acids is 2. The molecule has 2 rings (SSSR count). The highest BCUT2D eigenvalue weighted by Crippen LogP contribution is 2.14. The number of hydrogen-bond donors (Lipinski definition) is 4. The van der Waals surface area contributed by atoms with E-state index in [1.165, 1.54) is 0 Å². The monoisotopic (exact) mass is 470 g/mol. The number of rotatable bonds is 13. The van der Waals surface area contributed by atoms with Gasteiger partial charge in [0, 0.05) is 25.9 Å². The molecule has 0 aliphatic heterocycles. The van der Waals surface area contributed by atoms with Crippen molar-refractivity contribution in [3.8, 4) is 11.5 Å². The van der Waals surface area contributed by atoms with Crippen LogP contribution in [0.4, 0.5) is 0 Å². The van der Waals surface area contributed by atoms with Crippen molar-refractivity contribution in [3.05, 3.63) is 59.7 Å². The Morgan fingerprint density at radius 1 is 0.706 bits per heavy atom. The van der Waals surface area contributed by atoms with E-state index in [1.807, 2.05) is 13.8 Å². The van der Waals surface area contributed by atoms with Gasteiger partial charge in [-0.25, -0.2) is 0 Å². The first-order chi connectivity index (χ1) is 16.5. The van der Waals surface area contributed by atoms with E-state index in [0.29, 0.717) is 24.7 Å². The number of carbonyl (C=O) groups is 2. The molecule has 0 radical (unpaired) electrons. The predicted octanol–water partition coefficient (Wildman–Crippen LogP) is 2.16. The van der Waals surface area contributed by atoms with Gasteiger partial charge < -0.3 is 30.5 Å². The molecule has 0 atom stereocenters. The summed E-state index contributed by atoms with van der Waals surface area (Å²) < 4.78 is 10.7. The molecule has 2 aromatic carbocycles. The highest BCUT2D eigenvalue weighted by Gasteiger charge is 2.15. The minimum Gasteiger partial charge on any atom is -0.494 e. The Morgan fingerprint density at radius 2 is 1.06 bits per heavy atom. The van der Waals surface area contributed by atoms with Crippen molar-refractivity contribution in [2.75, 3.05) is 26.3 Å². The molecule has 34 heavy (non-hydrogen) atoms. The van der Waals surface area contributed by atoms with Crippen LogP contribution >= 0.6 is 0 Å². The molecule has 4 N–H and O–H groups in total. The van der Waals surface area contributed by atoms with Gasteiger partial charge in [0.15, 0.2) is 0 Å². The second-order valence-electron chi connectivity index (χ2n) is 7.11. The summed E-state index contributed by atoms with van der Waals surface area (Å²) in [5.74, 6) is 0.302. The van der Waals surface area contributed by atoms with Gasteiger partial charge in [-0.05, 0) is 49.2 Å². The molecule has 2 aromatic rings. The first-order valence-corrected chi connectivity index (χ1v) is 10.9. The molecule has 0 fully saturated rings. The van der Waals surface area contributed by atoms with Crippen LogP contribution in [0.15, 0.2) is 58.8 Å². The summed E-state index contributed by atoms with van der Waals surface area (Å²) in [6.45, 7) is 5.06. The average molecular weight is 471 g/mol. The van der Waals surface area contributed by atoms with Crippen molar-refractivity contribution in [2.45, 2.75) is 26.7 Å². The van der Waals surface area contributed by atoms with Gasteiger partial charge in [0.25, 0.3) is 11.8 Å². The van der Waals surface area contributed by atoms with Crippen LogP contribution in [0.1, 0.15) is 25.0 Å². The first-order valence-electron chi connectivity index (χ1n) is 10.9.